The molecule has 138 valence electrons. The third-order valence-electron chi connectivity index (χ3n) is 5.87. The van der Waals surface area contributed by atoms with Crippen molar-refractivity contribution in [3.63, 3.8) is 0 Å². The van der Waals surface area contributed by atoms with Crippen LogP contribution in [-0.2, 0) is 0 Å². The smallest absolute Gasteiger partial charge is 0.259 e. The number of hydrogen-bond acceptors (Lipinski definition) is 5. The van der Waals surface area contributed by atoms with Crippen LogP contribution in [0.5, 0.6) is 0 Å². The quantitative estimate of drug-likeness (QED) is 0.759. The fourth-order valence-corrected chi connectivity index (χ4v) is 4.33. The minimum Gasteiger partial charge on any atom is -0.338 e. The summed E-state index contributed by atoms with van der Waals surface area (Å²) in [7, 11) is 0. The summed E-state index contributed by atoms with van der Waals surface area (Å²) in [6.45, 7) is 7.53. The van der Waals surface area contributed by atoms with Gasteiger partial charge in [0.2, 0.25) is 0 Å². The Kier molecular flexibility index (Phi) is 3.75. The number of nitrogens with one attached hydrogen (secondary N) is 1. The summed E-state index contributed by atoms with van der Waals surface area (Å²) in [5, 5.41) is 8.20. The summed E-state index contributed by atoms with van der Waals surface area (Å²) < 4.78 is 5.42. The second-order valence-corrected chi connectivity index (χ2v) is 7.76. The summed E-state index contributed by atoms with van der Waals surface area (Å²) in [5.41, 5.74) is 4.66. The van der Waals surface area contributed by atoms with Crippen LogP contribution in [0, 0.1) is 25.7 Å². The van der Waals surface area contributed by atoms with Crippen LogP contribution in [0.3, 0.4) is 0 Å². The first-order valence-corrected chi connectivity index (χ1v) is 9.44. The number of hydrogen-bond donors (Lipinski definition) is 1. The first-order valence-electron chi connectivity index (χ1n) is 9.44. The number of aromatic nitrogens is 2. The highest BCUT2D eigenvalue weighted by molar-refractivity contribution is 6.07. The molecule has 0 saturated carbocycles. The van der Waals surface area contributed by atoms with Crippen LogP contribution in [0.15, 0.2) is 34.9 Å². The van der Waals surface area contributed by atoms with Crippen molar-refractivity contribution in [1.82, 2.24) is 20.4 Å². The number of pyridine rings is 1. The zero-order valence-electron chi connectivity index (χ0n) is 15.5. The Balaban J connectivity index is 1.58. The molecule has 4 heterocycles. The topological polar surface area (TPSA) is 71.3 Å². The Morgan fingerprint density at radius 3 is 2.56 bits per heavy atom. The van der Waals surface area contributed by atoms with Crippen LogP contribution in [0.25, 0.3) is 22.4 Å². The Morgan fingerprint density at radius 1 is 1.15 bits per heavy atom. The molecule has 3 aromatic rings. The monoisotopic (exact) mass is 362 g/mol. The van der Waals surface area contributed by atoms with Gasteiger partial charge < -0.3 is 14.7 Å². The lowest BCUT2D eigenvalue weighted by atomic mass is 10.0. The van der Waals surface area contributed by atoms with Crippen molar-refractivity contribution < 1.29 is 9.32 Å². The molecule has 6 heteroatoms. The lowest BCUT2D eigenvalue weighted by molar-refractivity contribution is 0.0783. The number of rotatable bonds is 2. The van der Waals surface area contributed by atoms with Crippen LogP contribution in [0.2, 0.25) is 0 Å². The number of carbonyl (C=O) groups excluding carboxylic acids is 1. The van der Waals surface area contributed by atoms with E-state index in [2.05, 4.69) is 15.5 Å². The summed E-state index contributed by atoms with van der Waals surface area (Å²) in [6.07, 6.45) is 0. The van der Waals surface area contributed by atoms with Crippen molar-refractivity contribution in [2.24, 2.45) is 11.8 Å². The number of nitrogens with zero attached hydrogens (tertiary/aromatic N) is 3. The second-order valence-electron chi connectivity index (χ2n) is 7.76. The van der Waals surface area contributed by atoms with Gasteiger partial charge in [0, 0.05) is 31.7 Å². The van der Waals surface area contributed by atoms with Gasteiger partial charge >= 0.3 is 0 Å². The maximum atomic E-state index is 13.4. The average molecular weight is 362 g/mol. The fraction of sp³-hybridized carbons (Fsp3) is 0.381. The minimum absolute atomic E-state index is 0.0523. The van der Waals surface area contributed by atoms with E-state index in [1.807, 2.05) is 49.1 Å². The number of fused-ring (bicyclic) bond motifs is 2. The molecule has 0 radical (unpaired) electrons. The average Bonchev–Trinajstić information content (AvgIpc) is 3.36. The van der Waals surface area contributed by atoms with Crippen molar-refractivity contribution >= 4 is 17.0 Å². The Bertz CT molecular complexity index is 1010. The van der Waals surface area contributed by atoms with E-state index in [4.69, 9.17) is 4.52 Å². The molecule has 1 amide bonds. The molecule has 0 unspecified atom stereocenters. The molecule has 1 aromatic carbocycles. The summed E-state index contributed by atoms with van der Waals surface area (Å²) in [4.78, 5) is 20.0. The Labute approximate surface area is 157 Å². The SMILES string of the molecule is Cc1ccc(-c2cc(C(=O)N3C[C@H]4CNC[C@H]4C3)c3c(C)noc3n2)cc1. The molecular formula is C21H22N4O2. The predicted molar refractivity (Wildman–Crippen MR) is 102 cm³/mol. The van der Waals surface area contributed by atoms with E-state index in [0.29, 0.717) is 28.8 Å². The molecule has 6 nitrogen and oxygen atoms in total. The van der Waals surface area contributed by atoms with Crippen LogP contribution in [0.1, 0.15) is 21.6 Å². The van der Waals surface area contributed by atoms with Crippen molar-refractivity contribution in [1.29, 1.82) is 0 Å². The van der Waals surface area contributed by atoms with E-state index < -0.39 is 0 Å². The van der Waals surface area contributed by atoms with Crippen LogP contribution in [-0.4, -0.2) is 47.1 Å². The zero-order valence-corrected chi connectivity index (χ0v) is 15.5. The predicted octanol–water partition coefficient (Wildman–Crippen LogP) is 2.80. The Morgan fingerprint density at radius 2 is 1.85 bits per heavy atom. The first-order chi connectivity index (χ1) is 13.1. The molecule has 27 heavy (non-hydrogen) atoms. The highest BCUT2D eigenvalue weighted by atomic mass is 16.5. The van der Waals surface area contributed by atoms with Gasteiger partial charge in [0.25, 0.3) is 11.6 Å². The van der Waals surface area contributed by atoms with Gasteiger partial charge in [-0.1, -0.05) is 35.0 Å². The van der Waals surface area contributed by atoms with Crippen molar-refractivity contribution in [3.8, 4) is 11.3 Å². The van der Waals surface area contributed by atoms with Crippen molar-refractivity contribution in [3.05, 3.63) is 47.2 Å². The van der Waals surface area contributed by atoms with E-state index >= 15 is 0 Å². The molecular weight excluding hydrogens is 340 g/mol. The molecule has 1 N–H and O–H groups in total. The highest BCUT2D eigenvalue weighted by Crippen LogP contribution is 2.31. The minimum atomic E-state index is 0.0523. The molecule has 0 aliphatic carbocycles. The van der Waals surface area contributed by atoms with Gasteiger partial charge in [-0.3, -0.25) is 4.79 Å². The summed E-state index contributed by atoms with van der Waals surface area (Å²) in [5.74, 6) is 1.18. The fourth-order valence-electron chi connectivity index (χ4n) is 4.33. The number of aryl methyl sites for hydroxylation is 2. The van der Waals surface area contributed by atoms with Gasteiger partial charge in [0.15, 0.2) is 0 Å². The molecule has 2 saturated heterocycles. The molecule has 0 spiro atoms. The molecule has 0 bridgehead atoms. The van der Waals surface area contributed by atoms with Crippen molar-refractivity contribution in [2.45, 2.75) is 13.8 Å². The number of carbonyl (C=O) groups is 1. The molecule has 2 fully saturated rings. The molecule has 2 aliphatic rings. The largest absolute Gasteiger partial charge is 0.338 e. The molecule has 2 aliphatic heterocycles. The lowest BCUT2D eigenvalue weighted by Gasteiger charge is -2.18. The Hall–Kier alpha value is -2.73. The lowest BCUT2D eigenvalue weighted by Crippen LogP contribution is -2.32. The van der Waals surface area contributed by atoms with Crippen LogP contribution < -0.4 is 5.32 Å². The second kappa shape index (κ2) is 6.16. The van der Waals surface area contributed by atoms with Crippen LogP contribution in [0.4, 0.5) is 0 Å². The number of benzene rings is 1. The summed E-state index contributed by atoms with van der Waals surface area (Å²) >= 11 is 0. The maximum absolute atomic E-state index is 13.4. The summed E-state index contributed by atoms with van der Waals surface area (Å²) in [6, 6.07) is 10.0. The highest BCUT2D eigenvalue weighted by Gasteiger charge is 2.39. The van der Waals surface area contributed by atoms with E-state index in [0.717, 1.165) is 42.8 Å². The van der Waals surface area contributed by atoms with Gasteiger partial charge in [-0.05, 0) is 31.7 Å². The van der Waals surface area contributed by atoms with Gasteiger partial charge in [-0.15, -0.1) is 0 Å². The third-order valence-corrected chi connectivity index (χ3v) is 5.87. The number of amides is 1. The molecule has 2 aromatic heterocycles. The third kappa shape index (κ3) is 2.72. The molecule has 2 atom stereocenters. The maximum Gasteiger partial charge on any atom is 0.259 e. The van der Waals surface area contributed by atoms with E-state index in [9.17, 15) is 4.79 Å². The van der Waals surface area contributed by atoms with Gasteiger partial charge in [0.1, 0.15) is 0 Å². The van der Waals surface area contributed by atoms with Gasteiger partial charge in [-0.25, -0.2) is 4.98 Å². The van der Waals surface area contributed by atoms with E-state index in [1.165, 1.54) is 5.56 Å². The molecule has 5 rings (SSSR count). The van der Waals surface area contributed by atoms with E-state index in [-0.39, 0.29) is 5.91 Å². The standard InChI is InChI=1S/C21H22N4O2/c1-12-3-5-14(6-4-12)18-7-17(19-13(2)24-27-20(19)23-18)21(26)25-10-15-8-22-9-16(15)11-25/h3-7,15-16,22H,8-11H2,1-2H3/t15-,16+. The van der Waals surface area contributed by atoms with Crippen molar-refractivity contribution in [2.75, 3.05) is 26.2 Å². The number of likely N-dealkylation sites (tertiary alicyclic amines) is 1. The van der Waals surface area contributed by atoms with Gasteiger partial charge in [-0.2, -0.15) is 0 Å². The first kappa shape index (κ1) is 16.4. The van der Waals surface area contributed by atoms with Gasteiger partial charge in [0.05, 0.1) is 22.3 Å². The van der Waals surface area contributed by atoms with Crippen LogP contribution >= 0.6 is 0 Å². The zero-order chi connectivity index (χ0) is 18.5. The normalized spacial score (nSPS) is 21.8. The van der Waals surface area contributed by atoms with E-state index in [1.54, 1.807) is 0 Å².